The Balaban J connectivity index is 1.07. The Morgan fingerprint density at radius 2 is 0.947 bits per heavy atom. The Morgan fingerprint density at radius 3 is 1.46 bits per heavy atom. The van der Waals surface area contributed by atoms with Crippen molar-refractivity contribution in [2.24, 2.45) is 0 Å². The molecule has 0 aliphatic rings. The second kappa shape index (κ2) is 22.0. The predicted molar refractivity (Wildman–Crippen MR) is 234 cm³/mol. The number of phenols is 1. The molecule has 6 heteroatoms. The minimum atomic E-state index is -0.303. The summed E-state index contributed by atoms with van der Waals surface area (Å²) in [5.41, 5.74) is 6.48. The van der Waals surface area contributed by atoms with E-state index in [1.165, 1.54) is 63.9 Å². The first kappa shape index (κ1) is 40.8. The molecule has 0 spiro atoms. The normalized spacial score (nSPS) is 11.2. The molecule has 0 unspecified atom stereocenters. The van der Waals surface area contributed by atoms with Crippen LogP contribution in [0.1, 0.15) is 96.8 Å². The van der Waals surface area contributed by atoms with Crippen molar-refractivity contribution in [3.05, 3.63) is 140 Å². The number of hydrogen-bond acceptors (Lipinski definition) is 6. The summed E-state index contributed by atoms with van der Waals surface area (Å²) in [4.78, 5) is 27.3. The standard InChI is InChI=1S/C51H55N3O3/c1-2-3-4-5-6-7-8-9-10-11-12-13-14-15-22-27-48(56)57-45-36-37-46(47(55)38-45)51-53-49(43-32-28-41(29-33-43)39-23-18-16-19-24-39)52-50(54-51)44-34-30-42(31-35-44)40-25-20-17-21-26-40/h9-10,16-21,23-26,28-38,55H,2-8,11-15,22,27H2,1H3. The van der Waals surface area contributed by atoms with Crippen LogP contribution in [0, 0.1) is 0 Å². The van der Waals surface area contributed by atoms with Crippen molar-refractivity contribution in [2.45, 2.75) is 96.8 Å². The summed E-state index contributed by atoms with van der Waals surface area (Å²) >= 11 is 0. The second-order valence-electron chi connectivity index (χ2n) is 14.7. The molecule has 5 aromatic carbocycles. The van der Waals surface area contributed by atoms with E-state index in [9.17, 15) is 9.90 Å². The lowest BCUT2D eigenvalue weighted by Gasteiger charge is -2.11. The van der Waals surface area contributed by atoms with E-state index in [4.69, 9.17) is 19.7 Å². The zero-order chi connectivity index (χ0) is 39.5. The zero-order valence-electron chi connectivity index (χ0n) is 33.3. The number of aromatic hydroxyl groups is 1. The molecule has 6 nitrogen and oxygen atoms in total. The lowest BCUT2D eigenvalue weighted by atomic mass is 10.0. The average molecular weight is 758 g/mol. The Kier molecular flexibility index (Phi) is 15.7. The number of ether oxygens (including phenoxy) is 1. The van der Waals surface area contributed by atoms with Crippen LogP contribution in [0.3, 0.4) is 0 Å². The molecular formula is C51H55N3O3. The van der Waals surface area contributed by atoms with Crippen LogP contribution < -0.4 is 4.74 Å². The minimum Gasteiger partial charge on any atom is -0.507 e. The number of aromatic nitrogens is 3. The van der Waals surface area contributed by atoms with E-state index >= 15 is 0 Å². The van der Waals surface area contributed by atoms with Crippen LogP contribution in [0.5, 0.6) is 11.5 Å². The van der Waals surface area contributed by atoms with Crippen molar-refractivity contribution in [3.63, 3.8) is 0 Å². The molecule has 1 aromatic heterocycles. The van der Waals surface area contributed by atoms with Crippen molar-refractivity contribution >= 4 is 5.97 Å². The zero-order valence-corrected chi connectivity index (χ0v) is 33.3. The first-order valence-electron chi connectivity index (χ1n) is 20.8. The van der Waals surface area contributed by atoms with Gasteiger partial charge in [-0.15, -0.1) is 0 Å². The van der Waals surface area contributed by atoms with Crippen molar-refractivity contribution in [1.82, 2.24) is 15.0 Å². The van der Waals surface area contributed by atoms with Gasteiger partial charge in [-0.3, -0.25) is 4.79 Å². The highest BCUT2D eigenvalue weighted by molar-refractivity contribution is 5.75. The lowest BCUT2D eigenvalue weighted by Crippen LogP contribution is -2.07. The molecule has 0 amide bonds. The van der Waals surface area contributed by atoms with Crippen LogP contribution in [0.2, 0.25) is 0 Å². The maximum absolute atomic E-state index is 12.7. The topological polar surface area (TPSA) is 85.2 Å². The van der Waals surface area contributed by atoms with E-state index in [1.807, 2.05) is 60.7 Å². The number of rotatable bonds is 21. The Labute approximate surface area is 338 Å². The number of nitrogens with zero attached hydrogens (tertiary/aromatic N) is 3. The van der Waals surface area contributed by atoms with Crippen LogP contribution in [0.4, 0.5) is 0 Å². The van der Waals surface area contributed by atoms with Gasteiger partial charge >= 0.3 is 5.97 Å². The van der Waals surface area contributed by atoms with Gasteiger partial charge in [-0.05, 0) is 66.5 Å². The van der Waals surface area contributed by atoms with Crippen LogP contribution in [0.15, 0.2) is 140 Å². The van der Waals surface area contributed by atoms with Gasteiger partial charge in [0, 0.05) is 23.6 Å². The van der Waals surface area contributed by atoms with Crippen LogP contribution in [-0.2, 0) is 4.79 Å². The van der Waals surface area contributed by atoms with Crippen molar-refractivity contribution in [1.29, 1.82) is 0 Å². The third-order valence-electron chi connectivity index (χ3n) is 10.2. The largest absolute Gasteiger partial charge is 0.507 e. The van der Waals surface area contributed by atoms with E-state index in [-0.39, 0.29) is 17.5 Å². The van der Waals surface area contributed by atoms with E-state index in [0.29, 0.717) is 29.5 Å². The molecule has 6 aromatic rings. The molecule has 0 aliphatic carbocycles. The Morgan fingerprint density at radius 1 is 0.509 bits per heavy atom. The molecule has 6 rings (SSSR count). The van der Waals surface area contributed by atoms with Gasteiger partial charge < -0.3 is 9.84 Å². The van der Waals surface area contributed by atoms with Gasteiger partial charge in [-0.25, -0.2) is 15.0 Å². The summed E-state index contributed by atoms with van der Waals surface area (Å²) < 4.78 is 5.63. The van der Waals surface area contributed by atoms with Crippen LogP contribution in [0.25, 0.3) is 56.4 Å². The fourth-order valence-electron chi connectivity index (χ4n) is 6.93. The highest BCUT2D eigenvalue weighted by Gasteiger charge is 2.17. The van der Waals surface area contributed by atoms with Gasteiger partial charge in [0.1, 0.15) is 11.5 Å². The number of carbonyl (C=O) groups excluding carboxylic acids is 1. The third-order valence-corrected chi connectivity index (χ3v) is 10.2. The highest BCUT2D eigenvalue weighted by atomic mass is 16.5. The molecule has 0 fully saturated rings. The number of allylic oxidation sites excluding steroid dienone is 2. The van der Waals surface area contributed by atoms with E-state index in [2.05, 4.69) is 67.6 Å². The SMILES string of the molecule is CCCCCCCCC=CCCCCCCCC(=O)Oc1ccc(-c2nc(-c3ccc(-c4ccccc4)cc3)nc(-c3ccc(-c4ccccc4)cc3)n2)c(O)c1. The molecule has 0 aliphatic heterocycles. The third kappa shape index (κ3) is 12.6. The number of carbonyl (C=O) groups is 1. The predicted octanol–water partition coefficient (Wildman–Crippen LogP) is 13.9. The number of hydrogen-bond donors (Lipinski definition) is 1. The van der Waals surface area contributed by atoms with E-state index in [0.717, 1.165) is 59.1 Å². The molecule has 1 heterocycles. The van der Waals surface area contributed by atoms with E-state index < -0.39 is 0 Å². The van der Waals surface area contributed by atoms with Gasteiger partial charge in [0.2, 0.25) is 0 Å². The molecule has 0 bridgehead atoms. The molecule has 0 radical (unpaired) electrons. The van der Waals surface area contributed by atoms with Crippen molar-refractivity contribution in [3.8, 4) is 67.9 Å². The summed E-state index contributed by atoms with van der Waals surface area (Å²) in [7, 11) is 0. The maximum atomic E-state index is 12.7. The Bertz CT molecular complexity index is 2050. The summed E-state index contributed by atoms with van der Waals surface area (Å²) in [5.74, 6) is 1.19. The number of unbranched alkanes of at least 4 members (excludes halogenated alkanes) is 11. The number of benzene rings is 5. The lowest BCUT2D eigenvalue weighted by molar-refractivity contribution is -0.134. The Hall–Kier alpha value is -5.88. The fraction of sp³-hybridized carbons (Fsp3) is 0.294. The summed E-state index contributed by atoms with van der Waals surface area (Å²) in [5, 5.41) is 11.2. The van der Waals surface area contributed by atoms with E-state index in [1.54, 1.807) is 12.1 Å². The molecule has 0 atom stereocenters. The molecular weight excluding hydrogens is 703 g/mol. The molecule has 57 heavy (non-hydrogen) atoms. The smallest absolute Gasteiger partial charge is 0.311 e. The summed E-state index contributed by atoms with van der Waals surface area (Å²) in [6, 6.07) is 41.5. The first-order valence-corrected chi connectivity index (χ1v) is 20.8. The van der Waals surface area contributed by atoms with Gasteiger partial charge in [-0.1, -0.05) is 180 Å². The highest BCUT2D eigenvalue weighted by Crippen LogP contribution is 2.34. The summed E-state index contributed by atoms with van der Waals surface area (Å²) in [6.07, 6.45) is 20.7. The van der Waals surface area contributed by atoms with Crippen LogP contribution in [-0.4, -0.2) is 26.0 Å². The molecule has 0 saturated heterocycles. The van der Waals surface area contributed by atoms with Gasteiger partial charge in [-0.2, -0.15) is 0 Å². The minimum absolute atomic E-state index is 0.0803. The monoisotopic (exact) mass is 757 g/mol. The quantitative estimate of drug-likeness (QED) is 0.0340. The number of phenolic OH excluding ortho intramolecular Hbond substituents is 1. The molecule has 292 valence electrons. The van der Waals surface area contributed by atoms with Gasteiger partial charge in [0.05, 0.1) is 5.56 Å². The average Bonchev–Trinajstić information content (AvgIpc) is 3.25. The molecule has 0 saturated carbocycles. The fourth-order valence-corrected chi connectivity index (χ4v) is 6.93. The maximum Gasteiger partial charge on any atom is 0.311 e. The van der Waals surface area contributed by atoms with Crippen molar-refractivity contribution < 1.29 is 14.6 Å². The second-order valence-corrected chi connectivity index (χ2v) is 14.7. The van der Waals surface area contributed by atoms with Gasteiger partial charge in [0.25, 0.3) is 0 Å². The summed E-state index contributed by atoms with van der Waals surface area (Å²) in [6.45, 7) is 2.26. The number of esters is 1. The van der Waals surface area contributed by atoms with Crippen LogP contribution >= 0.6 is 0 Å². The molecule has 1 N–H and O–H groups in total. The van der Waals surface area contributed by atoms with Crippen molar-refractivity contribution in [2.75, 3.05) is 0 Å². The first-order chi connectivity index (χ1) is 28.1. The van der Waals surface area contributed by atoms with Gasteiger partial charge in [0.15, 0.2) is 17.5 Å².